The largest absolute Gasteiger partial charge is 0.489 e. The summed E-state index contributed by atoms with van der Waals surface area (Å²) >= 11 is 6.16. The number of amides is 1. The average molecular weight is 469 g/mol. The molecule has 1 aromatic heterocycles. The zero-order chi connectivity index (χ0) is 23.8. The van der Waals surface area contributed by atoms with Crippen LogP contribution in [0.25, 0.3) is 0 Å². The summed E-state index contributed by atoms with van der Waals surface area (Å²) in [5.74, 6) is 1.14. The number of benzene rings is 1. The maximum atomic E-state index is 13.0. The first kappa shape index (κ1) is 23.3. The summed E-state index contributed by atoms with van der Waals surface area (Å²) in [6.45, 7) is 11.8. The van der Waals surface area contributed by atoms with Gasteiger partial charge in [0.05, 0.1) is 10.6 Å². The van der Waals surface area contributed by atoms with Crippen LogP contribution < -0.4 is 20.3 Å². The fourth-order valence-electron chi connectivity index (χ4n) is 5.31. The fraction of sp³-hybridized carbons (Fsp3) is 0.500. The molecule has 1 aromatic carbocycles. The standard InChI is InChI=1S/C24H29ClN6O2/c1-23(2)21(24(3,4)22(23)33-16-6-5-15(14-26)17(25)13-16)28-20(32)18-7-8-19(30-29-18)31-11-9-27-10-12-31/h5-8,13,21-22,27H,9-12H2,1-4H3,(H,28,32). The van der Waals surface area contributed by atoms with Gasteiger partial charge in [0.2, 0.25) is 0 Å². The molecule has 4 rings (SSSR count). The van der Waals surface area contributed by atoms with E-state index in [1.165, 1.54) is 0 Å². The summed E-state index contributed by atoms with van der Waals surface area (Å²) < 4.78 is 6.28. The van der Waals surface area contributed by atoms with Crippen molar-refractivity contribution in [1.29, 1.82) is 5.26 Å². The van der Waals surface area contributed by atoms with Gasteiger partial charge in [-0.2, -0.15) is 5.26 Å². The van der Waals surface area contributed by atoms with Crippen LogP contribution in [0.4, 0.5) is 5.82 Å². The lowest BCUT2D eigenvalue weighted by atomic mass is 9.49. The van der Waals surface area contributed by atoms with E-state index in [0.717, 1.165) is 32.0 Å². The van der Waals surface area contributed by atoms with Gasteiger partial charge in [0.15, 0.2) is 11.5 Å². The third-order valence-corrected chi connectivity index (χ3v) is 7.07. The number of carbonyl (C=O) groups is 1. The number of hydrogen-bond donors (Lipinski definition) is 2. The van der Waals surface area contributed by atoms with Crippen LogP contribution >= 0.6 is 11.6 Å². The van der Waals surface area contributed by atoms with Gasteiger partial charge in [-0.1, -0.05) is 39.3 Å². The topological polar surface area (TPSA) is 103 Å². The van der Waals surface area contributed by atoms with Crippen molar-refractivity contribution in [3.05, 3.63) is 46.6 Å². The first-order valence-electron chi connectivity index (χ1n) is 11.1. The van der Waals surface area contributed by atoms with Crippen LogP contribution in [0.1, 0.15) is 43.7 Å². The molecule has 0 unspecified atom stereocenters. The molecule has 2 aliphatic rings. The van der Waals surface area contributed by atoms with Crippen LogP contribution in [0, 0.1) is 22.2 Å². The molecule has 0 atom stereocenters. The minimum atomic E-state index is -0.340. The second-order valence-electron chi connectivity index (χ2n) is 9.81. The molecule has 1 amide bonds. The molecule has 2 N–H and O–H groups in total. The minimum Gasteiger partial charge on any atom is -0.489 e. The molecule has 2 heterocycles. The summed E-state index contributed by atoms with van der Waals surface area (Å²) in [5.41, 5.74) is 0.0237. The van der Waals surface area contributed by atoms with E-state index in [-0.39, 0.29) is 28.9 Å². The van der Waals surface area contributed by atoms with Gasteiger partial charge in [0, 0.05) is 49.1 Å². The molecule has 1 saturated heterocycles. The number of carbonyl (C=O) groups excluding carboxylic acids is 1. The third kappa shape index (κ3) is 4.35. The summed E-state index contributed by atoms with van der Waals surface area (Å²) in [6.07, 6.45) is -0.166. The van der Waals surface area contributed by atoms with E-state index >= 15 is 0 Å². The Morgan fingerprint density at radius 1 is 1.18 bits per heavy atom. The number of ether oxygens (including phenoxy) is 1. The quantitative estimate of drug-likeness (QED) is 0.695. The lowest BCUT2D eigenvalue weighted by molar-refractivity contribution is -0.164. The highest BCUT2D eigenvalue weighted by atomic mass is 35.5. The molecule has 0 radical (unpaired) electrons. The van der Waals surface area contributed by atoms with Crippen molar-refractivity contribution in [1.82, 2.24) is 20.8 Å². The normalized spacial score (nSPS) is 23.2. The molecule has 8 nitrogen and oxygen atoms in total. The Morgan fingerprint density at radius 2 is 1.88 bits per heavy atom. The van der Waals surface area contributed by atoms with E-state index in [1.54, 1.807) is 24.3 Å². The van der Waals surface area contributed by atoms with Crippen molar-refractivity contribution in [2.75, 3.05) is 31.1 Å². The van der Waals surface area contributed by atoms with E-state index in [0.29, 0.717) is 22.0 Å². The number of nitrogens with zero attached hydrogens (tertiary/aromatic N) is 4. The van der Waals surface area contributed by atoms with E-state index in [9.17, 15) is 4.79 Å². The molecule has 9 heteroatoms. The Hall–Kier alpha value is -2.89. The maximum Gasteiger partial charge on any atom is 0.272 e. The highest BCUT2D eigenvalue weighted by molar-refractivity contribution is 6.31. The molecule has 1 aliphatic carbocycles. The van der Waals surface area contributed by atoms with Crippen molar-refractivity contribution in [2.24, 2.45) is 10.8 Å². The van der Waals surface area contributed by atoms with Crippen molar-refractivity contribution in [3.63, 3.8) is 0 Å². The van der Waals surface area contributed by atoms with E-state index in [4.69, 9.17) is 21.6 Å². The van der Waals surface area contributed by atoms with Gasteiger partial charge < -0.3 is 20.3 Å². The first-order chi connectivity index (χ1) is 15.6. The third-order valence-electron chi connectivity index (χ3n) is 6.75. The highest BCUT2D eigenvalue weighted by Gasteiger charge is 2.64. The van der Waals surface area contributed by atoms with E-state index in [2.05, 4.69) is 59.5 Å². The van der Waals surface area contributed by atoms with Gasteiger partial charge >= 0.3 is 0 Å². The van der Waals surface area contributed by atoms with Crippen LogP contribution in [0.3, 0.4) is 0 Å². The molecular weight excluding hydrogens is 440 g/mol. The summed E-state index contributed by atoms with van der Waals surface area (Å²) in [4.78, 5) is 15.1. The molecule has 0 bridgehead atoms. The van der Waals surface area contributed by atoms with E-state index in [1.807, 2.05) is 6.07 Å². The average Bonchev–Trinajstić information content (AvgIpc) is 2.81. The zero-order valence-corrected chi connectivity index (χ0v) is 20.1. The highest BCUT2D eigenvalue weighted by Crippen LogP contribution is 2.55. The number of hydrogen-bond acceptors (Lipinski definition) is 7. The molecular formula is C24H29ClN6O2. The summed E-state index contributed by atoms with van der Waals surface area (Å²) in [5, 5.41) is 24.3. The van der Waals surface area contributed by atoms with Crippen molar-refractivity contribution in [3.8, 4) is 11.8 Å². The van der Waals surface area contributed by atoms with Gasteiger partial charge in [-0.3, -0.25) is 4.79 Å². The number of halogens is 1. The van der Waals surface area contributed by atoms with E-state index < -0.39 is 0 Å². The molecule has 33 heavy (non-hydrogen) atoms. The smallest absolute Gasteiger partial charge is 0.272 e. The first-order valence-corrected chi connectivity index (χ1v) is 11.5. The number of nitrogens with one attached hydrogen (secondary N) is 2. The van der Waals surface area contributed by atoms with Crippen LogP contribution in [0.15, 0.2) is 30.3 Å². The molecule has 174 valence electrons. The Bertz CT molecular complexity index is 1060. The second-order valence-corrected chi connectivity index (χ2v) is 10.2. The Kier molecular flexibility index (Phi) is 6.21. The van der Waals surface area contributed by atoms with Crippen molar-refractivity contribution in [2.45, 2.75) is 39.8 Å². The Balaban J connectivity index is 1.43. The number of piperazine rings is 1. The predicted octanol–water partition coefficient (Wildman–Crippen LogP) is 3.02. The molecule has 1 saturated carbocycles. The van der Waals surface area contributed by atoms with Crippen molar-refractivity contribution >= 4 is 23.3 Å². The summed E-state index contributed by atoms with van der Waals surface area (Å²) in [6, 6.07) is 10.6. The molecule has 1 aliphatic heterocycles. The Labute approximate surface area is 199 Å². The zero-order valence-electron chi connectivity index (χ0n) is 19.4. The minimum absolute atomic E-state index is 0.133. The fourth-order valence-corrected chi connectivity index (χ4v) is 5.52. The van der Waals surface area contributed by atoms with Gasteiger partial charge in [-0.15, -0.1) is 10.2 Å². The predicted molar refractivity (Wildman–Crippen MR) is 127 cm³/mol. The van der Waals surface area contributed by atoms with Crippen LogP contribution in [-0.4, -0.2) is 54.4 Å². The lowest BCUT2D eigenvalue weighted by Crippen LogP contribution is -2.74. The monoisotopic (exact) mass is 468 g/mol. The Morgan fingerprint density at radius 3 is 2.45 bits per heavy atom. The lowest BCUT2D eigenvalue weighted by Gasteiger charge is -2.63. The molecule has 2 fully saturated rings. The second kappa shape index (κ2) is 8.81. The van der Waals surface area contributed by atoms with Crippen LogP contribution in [0.2, 0.25) is 5.02 Å². The summed E-state index contributed by atoms with van der Waals surface area (Å²) in [7, 11) is 0. The maximum absolute atomic E-state index is 13.0. The number of rotatable bonds is 5. The van der Waals surface area contributed by atoms with Gasteiger partial charge in [-0.25, -0.2) is 0 Å². The van der Waals surface area contributed by atoms with Crippen LogP contribution in [-0.2, 0) is 0 Å². The molecule has 0 spiro atoms. The van der Waals surface area contributed by atoms with Gasteiger partial charge in [-0.05, 0) is 24.3 Å². The number of nitriles is 1. The van der Waals surface area contributed by atoms with Crippen LogP contribution in [0.5, 0.6) is 5.75 Å². The number of anilines is 1. The number of aromatic nitrogens is 2. The SMILES string of the molecule is CC1(C)C(NC(=O)c2ccc(N3CCNCC3)nn2)C(C)(C)C1Oc1ccc(C#N)c(Cl)c1. The van der Waals surface area contributed by atoms with Gasteiger partial charge in [0.25, 0.3) is 5.91 Å². The van der Waals surface area contributed by atoms with Crippen molar-refractivity contribution < 1.29 is 9.53 Å². The molecule has 2 aromatic rings. The van der Waals surface area contributed by atoms with Gasteiger partial charge in [0.1, 0.15) is 17.9 Å².